The fourth-order valence-corrected chi connectivity index (χ4v) is 1.61. The molecule has 1 atom stereocenters. The van der Waals surface area contributed by atoms with Crippen LogP contribution in [-0.2, 0) is 14.3 Å². The van der Waals surface area contributed by atoms with Crippen LogP contribution in [0.15, 0.2) is 0 Å². The molecule has 1 unspecified atom stereocenters. The highest BCUT2D eigenvalue weighted by Crippen LogP contribution is 2.17. The molecule has 0 spiro atoms. The van der Waals surface area contributed by atoms with Crippen LogP contribution < -0.4 is 10.6 Å². The second kappa shape index (κ2) is 6.21. The van der Waals surface area contributed by atoms with Crippen LogP contribution in [0.1, 0.15) is 20.8 Å². The number of rotatable bonds is 4. The zero-order chi connectivity index (χ0) is 12.3. The lowest BCUT2D eigenvalue weighted by molar-refractivity contribution is -0.150. The summed E-state index contributed by atoms with van der Waals surface area (Å²) in [6.07, 6.45) is 0. The molecule has 0 aromatic carbocycles. The van der Waals surface area contributed by atoms with Crippen LogP contribution >= 0.6 is 12.4 Å². The molecule has 100 valence electrons. The summed E-state index contributed by atoms with van der Waals surface area (Å²) >= 11 is 0. The number of esters is 1. The van der Waals surface area contributed by atoms with E-state index in [1.165, 1.54) is 7.11 Å². The van der Waals surface area contributed by atoms with E-state index in [0.717, 1.165) is 13.1 Å². The minimum atomic E-state index is -0.961. The normalized spacial score (nSPS) is 17.4. The van der Waals surface area contributed by atoms with Gasteiger partial charge < -0.3 is 15.4 Å². The molecule has 1 aliphatic heterocycles. The molecule has 0 aromatic rings. The summed E-state index contributed by atoms with van der Waals surface area (Å²) in [5.74, 6) is -0.236. The molecule has 1 rings (SSSR count). The van der Waals surface area contributed by atoms with Crippen molar-refractivity contribution in [3.05, 3.63) is 0 Å². The Hall–Kier alpha value is -0.810. The fourth-order valence-electron chi connectivity index (χ4n) is 1.61. The minimum absolute atomic E-state index is 0. The van der Waals surface area contributed by atoms with Gasteiger partial charge in [0, 0.05) is 5.92 Å². The van der Waals surface area contributed by atoms with Crippen LogP contribution in [-0.4, -0.2) is 37.6 Å². The highest BCUT2D eigenvalue weighted by molar-refractivity contribution is 5.88. The Balaban J connectivity index is 0.00000256. The molecule has 1 saturated heterocycles. The second-order valence-electron chi connectivity index (χ2n) is 4.81. The van der Waals surface area contributed by atoms with E-state index < -0.39 is 11.5 Å². The van der Waals surface area contributed by atoms with E-state index in [4.69, 9.17) is 0 Å². The van der Waals surface area contributed by atoms with Crippen LogP contribution in [0.4, 0.5) is 0 Å². The van der Waals surface area contributed by atoms with Crippen LogP contribution in [0.3, 0.4) is 0 Å². The van der Waals surface area contributed by atoms with Crippen LogP contribution in [0, 0.1) is 11.8 Å². The van der Waals surface area contributed by atoms with Gasteiger partial charge in [0.1, 0.15) is 5.54 Å². The third kappa shape index (κ3) is 3.85. The average molecular weight is 265 g/mol. The van der Waals surface area contributed by atoms with Crippen molar-refractivity contribution in [3.63, 3.8) is 0 Å². The van der Waals surface area contributed by atoms with E-state index in [2.05, 4.69) is 15.4 Å². The lowest BCUT2D eigenvalue weighted by atomic mass is 9.87. The Morgan fingerprint density at radius 3 is 2.29 bits per heavy atom. The van der Waals surface area contributed by atoms with Crippen LogP contribution in [0.5, 0.6) is 0 Å². The van der Waals surface area contributed by atoms with Gasteiger partial charge in [-0.1, -0.05) is 6.92 Å². The molecule has 6 heteroatoms. The molecule has 0 radical (unpaired) electrons. The average Bonchev–Trinajstić information content (AvgIpc) is 2.12. The molecular weight excluding hydrogens is 244 g/mol. The Kier molecular flexibility index (Phi) is 5.92. The number of carbonyl (C=O) groups excluding carboxylic acids is 2. The van der Waals surface area contributed by atoms with Crippen molar-refractivity contribution in [1.29, 1.82) is 0 Å². The lowest BCUT2D eigenvalue weighted by Gasteiger charge is -2.33. The molecule has 0 aliphatic carbocycles. The predicted octanol–water partition coefficient (Wildman–Crippen LogP) is 0.331. The predicted molar refractivity (Wildman–Crippen MR) is 67.0 cm³/mol. The maximum Gasteiger partial charge on any atom is 0.330 e. The van der Waals surface area contributed by atoms with Gasteiger partial charge in [0.25, 0.3) is 0 Å². The summed E-state index contributed by atoms with van der Waals surface area (Å²) in [6.45, 7) is 6.90. The van der Waals surface area contributed by atoms with Gasteiger partial charge in [-0.3, -0.25) is 4.79 Å². The van der Waals surface area contributed by atoms with Gasteiger partial charge in [-0.25, -0.2) is 4.79 Å². The molecule has 0 bridgehead atoms. The van der Waals surface area contributed by atoms with E-state index in [1.807, 2.05) is 6.92 Å². The number of methoxy groups -OCH3 is 1. The maximum absolute atomic E-state index is 11.9. The number of nitrogens with one attached hydrogen (secondary N) is 2. The molecule has 17 heavy (non-hydrogen) atoms. The van der Waals surface area contributed by atoms with Gasteiger partial charge in [-0.15, -0.1) is 12.4 Å². The highest BCUT2D eigenvalue weighted by atomic mass is 35.5. The SMILES string of the molecule is COC(=O)C(C)(C)NC(=O)C(C)C1CNC1.Cl. The van der Waals surface area contributed by atoms with Crippen molar-refractivity contribution in [1.82, 2.24) is 10.6 Å². The van der Waals surface area contributed by atoms with E-state index in [9.17, 15) is 9.59 Å². The molecule has 1 aliphatic rings. The Morgan fingerprint density at radius 2 is 1.94 bits per heavy atom. The maximum atomic E-state index is 11.9. The third-order valence-electron chi connectivity index (χ3n) is 3.07. The molecule has 1 heterocycles. The zero-order valence-corrected chi connectivity index (χ0v) is 11.5. The van der Waals surface area contributed by atoms with Crippen molar-refractivity contribution in [3.8, 4) is 0 Å². The fraction of sp³-hybridized carbons (Fsp3) is 0.818. The van der Waals surface area contributed by atoms with E-state index in [0.29, 0.717) is 5.92 Å². The summed E-state index contributed by atoms with van der Waals surface area (Å²) in [4.78, 5) is 23.3. The van der Waals surface area contributed by atoms with Gasteiger partial charge in [0.05, 0.1) is 7.11 Å². The zero-order valence-electron chi connectivity index (χ0n) is 10.7. The summed E-state index contributed by atoms with van der Waals surface area (Å²) in [5.41, 5.74) is -0.961. The molecule has 2 N–H and O–H groups in total. The first kappa shape index (κ1) is 16.2. The first-order valence-electron chi connectivity index (χ1n) is 5.49. The Labute approximate surface area is 108 Å². The van der Waals surface area contributed by atoms with Gasteiger partial charge in [-0.2, -0.15) is 0 Å². The van der Waals surface area contributed by atoms with E-state index >= 15 is 0 Å². The van der Waals surface area contributed by atoms with Crippen molar-refractivity contribution in [2.45, 2.75) is 26.3 Å². The van der Waals surface area contributed by atoms with E-state index in [-0.39, 0.29) is 24.2 Å². The Morgan fingerprint density at radius 1 is 1.41 bits per heavy atom. The monoisotopic (exact) mass is 264 g/mol. The molecule has 1 amide bonds. The molecule has 0 saturated carbocycles. The third-order valence-corrected chi connectivity index (χ3v) is 3.07. The highest BCUT2D eigenvalue weighted by Gasteiger charge is 2.35. The smallest absolute Gasteiger partial charge is 0.330 e. The number of halogens is 1. The van der Waals surface area contributed by atoms with Gasteiger partial charge in [0.2, 0.25) is 5.91 Å². The minimum Gasteiger partial charge on any atom is -0.467 e. The first-order valence-corrected chi connectivity index (χ1v) is 5.49. The number of carbonyl (C=O) groups is 2. The molecule has 5 nitrogen and oxygen atoms in total. The largest absolute Gasteiger partial charge is 0.467 e. The van der Waals surface area contributed by atoms with E-state index in [1.54, 1.807) is 13.8 Å². The van der Waals surface area contributed by atoms with Gasteiger partial charge in [0.15, 0.2) is 0 Å². The topological polar surface area (TPSA) is 67.4 Å². The van der Waals surface area contributed by atoms with Crippen molar-refractivity contribution in [2.24, 2.45) is 11.8 Å². The molecule has 0 aromatic heterocycles. The summed E-state index contributed by atoms with van der Waals surface area (Å²) < 4.78 is 4.63. The quantitative estimate of drug-likeness (QED) is 0.719. The lowest BCUT2D eigenvalue weighted by Crippen LogP contribution is -2.55. The summed E-state index contributed by atoms with van der Waals surface area (Å²) in [7, 11) is 1.31. The van der Waals surface area contributed by atoms with Gasteiger partial charge in [-0.05, 0) is 32.9 Å². The van der Waals surface area contributed by atoms with Crippen molar-refractivity contribution < 1.29 is 14.3 Å². The Bertz CT molecular complexity index is 290. The van der Waals surface area contributed by atoms with Crippen LogP contribution in [0.25, 0.3) is 0 Å². The standard InChI is InChI=1S/C11H20N2O3.ClH/c1-7(8-5-12-6-8)9(14)13-11(2,3)10(15)16-4;/h7-8,12H,5-6H2,1-4H3,(H,13,14);1H. The molecule has 1 fully saturated rings. The summed E-state index contributed by atoms with van der Waals surface area (Å²) in [5, 5.41) is 5.84. The van der Waals surface area contributed by atoms with Crippen LogP contribution in [0.2, 0.25) is 0 Å². The number of ether oxygens (including phenoxy) is 1. The first-order chi connectivity index (χ1) is 7.38. The van der Waals surface area contributed by atoms with Crippen molar-refractivity contribution >= 4 is 24.3 Å². The molecular formula is C11H21ClN2O3. The second-order valence-corrected chi connectivity index (χ2v) is 4.81. The number of amides is 1. The summed E-state index contributed by atoms with van der Waals surface area (Å²) in [6, 6.07) is 0. The van der Waals surface area contributed by atoms with Crippen molar-refractivity contribution in [2.75, 3.05) is 20.2 Å². The number of hydrogen-bond acceptors (Lipinski definition) is 4. The number of hydrogen-bond donors (Lipinski definition) is 2. The van der Waals surface area contributed by atoms with Gasteiger partial charge >= 0.3 is 5.97 Å².